The smallest absolute Gasteiger partial charge is 0.187 e. The number of hydrogen-bond donors (Lipinski definition) is 2. The van der Waals surface area contributed by atoms with E-state index in [0.717, 1.165) is 17.0 Å². The molecule has 7 nitrogen and oxygen atoms in total. The first-order chi connectivity index (χ1) is 10.7. The second kappa shape index (κ2) is 8.20. The van der Waals surface area contributed by atoms with E-state index in [0.29, 0.717) is 18.3 Å². The Morgan fingerprint density at radius 2 is 2.14 bits per heavy atom. The van der Waals surface area contributed by atoms with Crippen LogP contribution in [-0.4, -0.2) is 45.9 Å². The van der Waals surface area contributed by atoms with Gasteiger partial charge in [0.25, 0.3) is 0 Å². The SMILES string of the molecule is COCCNC(=S)N/N=C(\C)c1ccc(-n2cncn2)cc1. The van der Waals surface area contributed by atoms with Crippen molar-refractivity contribution in [1.82, 2.24) is 25.5 Å². The van der Waals surface area contributed by atoms with E-state index in [1.807, 2.05) is 31.2 Å². The van der Waals surface area contributed by atoms with E-state index in [-0.39, 0.29) is 0 Å². The number of hydrazone groups is 1. The molecule has 0 atom stereocenters. The van der Waals surface area contributed by atoms with Gasteiger partial charge in [-0.2, -0.15) is 10.2 Å². The van der Waals surface area contributed by atoms with Crippen molar-refractivity contribution in [2.75, 3.05) is 20.3 Å². The Morgan fingerprint density at radius 3 is 2.77 bits per heavy atom. The molecule has 0 unspecified atom stereocenters. The van der Waals surface area contributed by atoms with Crippen molar-refractivity contribution in [1.29, 1.82) is 0 Å². The van der Waals surface area contributed by atoms with E-state index in [9.17, 15) is 0 Å². The van der Waals surface area contributed by atoms with Crippen LogP contribution in [0.4, 0.5) is 0 Å². The van der Waals surface area contributed by atoms with Crippen LogP contribution in [0.3, 0.4) is 0 Å². The molecule has 0 fully saturated rings. The van der Waals surface area contributed by atoms with Gasteiger partial charge in [-0.3, -0.25) is 5.43 Å². The molecule has 0 radical (unpaired) electrons. The summed E-state index contributed by atoms with van der Waals surface area (Å²) in [5, 5.41) is 11.8. The Hall–Kier alpha value is -2.32. The number of benzene rings is 1. The van der Waals surface area contributed by atoms with E-state index < -0.39 is 0 Å². The molecule has 1 aromatic carbocycles. The monoisotopic (exact) mass is 318 g/mol. The Kier molecular flexibility index (Phi) is 5.99. The van der Waals surface area contributed by atoms with Gasteiger partial charge in [-0.1, -0.05) is 12.1 Å². The summed E-state index contributed by atoms with van der Waals surface area (Å²) >= 11 is 5.11. The van der Waals surface area contributed by atoms with Crippen LogP contribution >= 0.6 is 12.2 Å². The highest BCUT2D eigenvalue weighted by molar-refractivity contribution is 7.80. The largest absolute Gasteiger partial charge is 0.383 e. The number of ether oxygens (including phenoxy) is 1. The zero-order valence-electron chi connectivity index (χ0n) is 12.5. The third-order valence-corrected chi connectivity index (χ3v) is 3.12. The highest BCUT2D eigenvalue weighted by Crippen LogP contribution is 2.08. The Morgan fingerprint density at radius 1 is 1.36 bits per heavy atom. The quantitative estimate of drug-likeness (QED) is 0.359. The fraction of sp³-hybridized carbons (Fsp3) is 0.286. The maximum Gasteiger partial charge on any atom is 0.187 e. The lowest BCUT2D eigenvalue weighted by atomic mass is 10.1. The van der Waals surface area contributed by atoms with Crippen LogP contribution in [0, 0.1) is 0 Å². The van der Waals surface area contributed by atoms with Gasteiger partial charge in [0.05, 0.1) is 18.0 Å². The molecule has 0 aliphatic carbocycles. The molecule has 0 spiro atoms. The maximum absolute atomic E-state index is 5.11. The first-order valence-corrected chi connectivity index (χ1v) is 7.14. The predicted molar refractivity (Wildman–Crippen MR) is 89.2 cm³/mol. The third-order valence-electron chi connectivity index (χ3n) is 2.89. The van der Waals surface area contributed by atoms with Gasteiger partial charge in [0.2, 0.25) is 0 Å². The normalized spacial score (nSPS) is 11.3. The van der Waals surface area contributed by atoms with Gasteiger partial charge in [0.15, 0.2) is 5.11 Å². The summed E-state index contributed by atoms with van der Waals surface area (Å²) in [4.78, 5) is 3.92. The fourth-order valence-electron chi connectivity index (χ4n) is 1.70. The second-order valence-corrected chi connectivity index (χ2v) is 4.85. The highest BCUT2D eigenvalue weighted by atomic mass is 32.1. The molecule has 0 aliphatic rings. The van der Waals surface area contributed by atoms with Gasteiger partial charge in [0, 0.05) is 13.7 Å². The summed E-state index contributed by atoms with van der Waals surface area (Å²) in [7, 11) is 1.64. The van der Waals surface area contributed by atoms with Crippen LogP contribution in [0.25, 0.3) is 5.69 Å². The van der Waals surface area contributed by atoms with Gasteiger partial charge in [-0.15, -0.1) is 0 Å². The highest BCUT2D eigenvalue weighted by Gasteiger charge is 2.01. The molecule has 2 N–H and O–H groups in total. The van der Waals surface area contributed by atoms with Crippen molar-refractivity contribution in [2.24, 2.45) is 5.10 Å². The standard InChI is InChI=1S/C14H18N6OS/c1-11(18-19-14(22)16-7-8-21-2)12-3-5-13(6-4-12)20-10-15-9-17-20/h3-6,9-10H,7-8H2,1-2H3,(H2,16,19,22)/b18-11+. The number of nitrogens with one attached hydrogen (secondary N) is 2. The molecule has 0 bridgehead atoms. The minimum absolute atomic E-state index is 0.468. The van der Waals surface area contributed by atoms with E-state index in [4.69, 9.17) is 17.0 Å². The molecule has 116 valence electrons. The number of thiocarbonyl (C=S) groups is 1. The number of nitrogens with zero attached hydrogens (tertiary/aromatic N) is 4. The molecule has 0 amide bonds. The lowest BCUT2D eigenvalue weighted by Crippen LogP contribution is -2.34. The molecule has 22 heavy (non-hydrogen) atoms. The molecular formula is C14H18N6OS. The topological polar surface area (TPSA) is 76.4 Å². The van der Waals surface area contributed by atoms with Gasteiger partial charge >= 0.3 is 0 Å². The lowest BCUT2D eigenvalue weighted by Gasteiger charge is -2.08. The Bertz CT molecular complexity index is 623. The number of methoxy groups -OCH3 is 1. The van der Waals surface area contributed by atoms with Crippen LogP contribution in [0.1, 0.15) is 12.5 Å². The van der Waals surface area contributed by atoms with E-state index >= 15 is 0 Å². The zero-order valence-corrected chi connectivity index (χ0v) is 13.3. The molecule has 8 heteroatoms. The van der Waals surface area contributed by atoms with Crippen molar-refractivity contribution in [3.8, 4) is 5.69 Å². The van der Waals surface area contributed by atoms with Crippen LogP contribution in [0.15, 0.2) is 42.0 Å². The number of aromatic nitrogens is 3. The third kappa shape index (κ3) is 4.61. The molecule has 0 saturated heterocycles. The summed E-state index contributed by atoms with van der Waals surface area (Å²) < 4.78 is 6.63. The van der Waals surface area contributed by atoms with Gasteiger partial charge < -0.3 is 10.1 Å². The van der Waals surface area contributed by atoms with Gasteiger partial charge in [0.1, 0.15) is 12.7 Å². The number of rotatable bonds is 6. The molecule has 1 heterocycles. The summed E-state index contributed by atoms with van der Waals surface area (Å²) in [6.07, 6.45) is 3.16. The summed E-state index contributed by atoms with van der Waals surface area (Å²) in [5.41, 5.74) is 5.58. The summed E-state index contributed by atoms with van der Waals surface area (Å²) in [6.45, 7) is 3.15. The van der Waals surface area contributed by atoms with Crippen molar-refractivity contribution in [3.63, 3.8) is 0 Å². The van der Waals surface area contributed by atoms with Crippen LogP contribution in [0.5, 0.6) is 0 Å². The molecule has 2 aromatic rings. The molecule has 0 saturated carbocycles. The Labute approximate surface area is 134 Å². The molecule has 1 aromatic heterocycles. The van der Waals surface area contributed by atoms with E-state index in [1.54, 1.807) is 18.1 Å². The molecule has 0 aliphatic heterocycles. The van der Waals surface area contributed by atoms with Gasteiger partial charge in [-0.05, 0) is 36.8 Å². The van der Waals surface area contributed by atoms with Crippen LogP contribution in [-0.2, 0) is 4.74 Å². The molecular weight excluding hydrogens is 300 g/mol. The maximum atomic E-state index is 5.11. The van der Waals surface area contributed by atoms with E-state index in [1.165, 1.54) is 6.33 Å². The number of hydrogen-bond acceptors (Lipinski definition) is 5. The minimum atomic E-state index is 0.468. The summed E-state index contributed by atoms with van der Waals surface area (Å²) in [6, 6.07) is 7.86. The minimum Gasteiger partial charge on any atom is -0.383 e. The summed E-state index contributed by atoms with van der Waals surface area (Å²) in [5.74, 6) is 0. The molecule has 2 rings (SSSR count). The van der Waals surface area contributed by atoms with Crippen molar-refractivity contribution in [2.45, 2.75) is 6.92 Å². The van der Waals surface area contributed by atoms with Crippen molar-refractivity contribution < 1.29 is 4.74 Å². The van der Waals surface area contributed by atoms with Crippen LogP contribution in [0.2, 0.25) is 0 Å². The average molecular weight is 318 g/mol. The van der Waals surface area contributed by atoms with Crippen LogP contribution < -0.4 is 10.7 Å². The predicted octanol–water partition coefficient (Wildman–Crippen LogP) is 1.10. The van der Waals surface area contributed by atoms with Crippen molar-refractivity contribution >= 4 is 23.0 Å². The first-order valence-electron chi connectivity index (χ1n) is 6.73. The Balaban J connectivity index is 1.93. The lowest BCUT2D eigenvalue weighted by molar-refractivity contribution is 0.204. The van der Waals surface area contributed by atoms with Crippen molar-refractivity contribution in [3.05, 3.63) is 42.5 Å². The van der Waals surface area contributed by atoms with E-state index in [2.05, 4.69) is 25.9 Å². The van der Waals surface area contributed by atoms with Gasteiger partial charge in [-0.25, -0.2) is 9.67 Å². The fourth-order valence-corrected chi connectivity index (χ4v) is 1.85. The zero-order chi connectivity index (χ0) is 15.8. The second-order valence-electron chi connectivity index (χ2n) is 4.44. The average Bonchev–Trinajstić information content (AvgIpc) is 3.07. The first kappa shape index (κ1) is 16.1.